The smallest absolute Gasteiger partial charge is 0.146 e. The van der Waals surface area contributed by atoms with Crippen LogP contribution in [0.2, 0.25) is 5.02 Å². The van der Waals surface area contributed by atoms with Gasteiger partial charge in [-0.25, -0.2) is 14.4 Å². The van der Waals surface area contributed by atoms with Crippen LogP contribution in [0.3, 0.4) is 0 Å². The van der Waals surface area contributed by atoms with E-state index in [4.69, 9.17) is 25.9 Å². The van der Waals surface area contributed by atoms with Crippen molar-refractivity contribution in [3.63, 3.8) is 0 Å². The van der Waals surface area contributed by atoms with Gasteiger partial charge in [-0.15, -0.1) is 0 Å². The molecule has 0 amide bonds. The molecule has 10 heteroatoms. The number of aliphatic hydroxyl groups is 2. The lowest BCUT2D eigenvalue weighted by Crippen LogP contribution is -2.28. The van der Waals surface area contributed by atoms with Crippen molar-refractivity contribution >= 4 is 34.0 Å². The molecule has 0 aliphatic rings. The Labute approximate surface area is 229 Å². The number of furan rings is 1. The van der Waals surface area contributed by atoms with Crippen molar-refractivity contribution in [2.24, 2.45) is 0 Å². The Morgan fingerprint density at radius 1 is 1.00 bits per heavy atom. The van der Waals surface area contributed by atoms with Crippen LogP contribution in [-0.2, 0) is 13.0 Å². The third-order valence-electron chi connectivity index (χ3n) is 5.93. The fourth-order valence-electron chi connectivity index (χ4n) is 4.03. The summed E-state index contributed by atoms with van der Waals surface area (Å²) in [6.07, 6.45) is 1.51. The molecule has 2 heterocycles. The van der Waals surface area contributed by atoms with Gasteiger partial charge in [0.2, 0.25) is 0 Å². The standard InChI is InChI=1S/C29H26ClFN4O4/c30-25-15-20(5-9-27(25)39-21-3-1-2-19(31)14-21)35-29-24-13-18(4-8-26(24)33-17-34-29)12-22-6-7-23(38-22)16-32-28(37)10-11-36/h1-9,13-15,17,28,32,36-37H,10-12,16H2,(H,33,34,35). The summed E-state index contributed by atoms with van der Waals surface area (Å²) in [5.74, 6) is 2.43. The van der Waals surface area contributed by atoms with Crippen molar-refractivity contribution in [2.75, 3.05) is 11.9 Å². The Hall–Kier alpha value is -4.02. The van der Waals surface area contributed by atoms with Crippen LogP contribution in [0.15, 0.2) is 83.5 Å². The van der Waals surface area contributed by atoms with Crippen LogP contribution in [0.1, 0.15) is 23.5 Å². The van der Waals surface area contributed by atoms with E-state index < -0.39 is 12.0 Å². The summed E-state index contributed by atoms with van der Waals surface area (Å²) >= 11 is 6.44. The third-order valence-corrected chi connectivity index (χ3v) is 6.22. The molecule has 1 atom stereocenters. The monoisotopic (exact) mass is 548 g/mol. The number of ether oxygens (including phenoxy) is 1. The molecule has 8 nitrogen and oxygen atoms in total. The summed E-state index contributed by atoms with van der Waals surface area (Å²) in [6, 6.07) is 20.7. The molecule has 0 spiro atoms. The van der Waals surface area contributed by atoms with Crippen molar-refractivity contribution in [1.82, 2.24) is 15.3 Å². The van der Waals surface area contributed by atoms with Crippen molar-refractivity contribution in [1.29, 1.82) is 0 Å². The minimum absolute atomic E-state index is 0.0938. The van der Waals surface area contributed by atoms with Gasteiger partial charge < -0.3 is 24.7 Å². The normalized spacial score (nSPS) is 12.0. The van der Waals surface area contributed by atoms with Gasteiger partial charge in [-0.2, -0.15) is 0 Å². The van der Waals surface area contributed by atoms with Crippen LogP contribution in [0, 0.1) is 5.82 Å². The molecule has 0 radical (unpaired) electrons. The van der Waals surface area contributed by atoms with Crippen LogP contribution in [0.5, 0.6) is 11.5 Å². The van der Waals surface area contributed by atoms with Gasteiger partial charge in [0.25, 0.3) is 0 Å². The van der Waals surface area contributed by atoms with Crippen molar-refractivity contribution < 1.29 is 23.8 Å². The van der Waals surface area contributed by atoms with Crippen molar-refractivity contribution in [3.05, 3.63) is 107 Å². The Balaban J connectivity index is 1.30. The molecular weight excluding hydrogens is 523 g/mol. The molecule has 1 unspecified atom stereocenters. The minimum Gasteiger partial charge on any atom is -0.464 e. The zero-order chi connectivity index (χ0) is 27.2. The second-order valence-corrected chi connectivity index (χ2v) is 9.26. The van der Waals surface area contributed by atoms with E-state index in [1.165, 1.54) is 18.5 Å². The summed E-state index contributed by atoms with van der Waals surface area (Å²) in [5.41, 5.74) is 2.48. The molecule has 0 saturated carbocycles. The molecule has 5 rings (SSSR count). The molecular formula is C29H26ClFN4O4. The molecule has 2 aromatic heterocycles. The summed E-state index contributed by atoms with van der Waals surface area (Å²) in [5, 5.41) is 26.0. The summed E-state index contributed by atoms with van der Waals surface area (Å²) in [6.45, 7) is 0.263. The first kappa shape index (κ1) is 26.6. The lowest BCUT2D eigenvalue weighted by Gasteiger charge is -2.12. The van der Waals surface area contributed by atoms with Crippen LogP contribution < -0.4 is 15.4 Å². The van der Waals surface area contributed by atoms with Gasteiger partial charge in [-0.05, 0) is 60.2 Å². The van der Waals surface area contributed by atoms with E-state index in [-0.39, 0.29) is 13.0 Å². The number of aliphatic hydroxyl groups excluding tert-OH is 2. The second kappa shape index (κ2) is 12.2. The Bertz CT molecular complexity index is 1580. The molecule has 3 aromatic carbocycles. The van der Waals surface area contributed by atoms with Gasteiger partial charge >= 0.3 is 0 Å². The SMILES string of the molecule is OCCC(O)NCc1ccc(Cc2ccc3ncnc(Nc4ccc(Oc5cccc(F)c5)c(Cl)c4)c3c2)o1. The largest absolute Gasteiger partial charge is 0.464 e. The van der Waals surface area contributed by atoms with Crippen molar-refractivity contribution in [3.8, 4) is 11.5 Å². The van der Waals surface area contributed by atoms with E-state index in [1.54, 1.807) is 30.3 Å². The van der Waals surface area contributed by atoms with Crippen LogP contribution in [-0.4, -0.2) is 33.0 Å². The molecule has 200 valence electrons. The highest BCUT2D eigenvalue weighted by atomic mass is 35.5. The van der Waals surface area contributed by atoms with Crippen molar-refractivity contribution in [2.45, 2.75) is 25.6 Å². The van der Waals surface area contributed by atoms with E-state index in [1.807, 2.05) is 30.3 Å². The minimum atomic E-state index is -0.790. The zero-order valence-electron chi connectivity index (χ0n) is 20.8. The topological polar surface area (TPSA) is 113 Å². The van der Waals surface area contributed by atoms with Gasteiger partial charge in [0, 0.05) is 36.6 Å². The lowest BCUT2D eigenvalue weighted by molar-refractivity contribution is 0.0989. The molecule has 39 heavy (non-hydrogen) atoms. The second-order valence-electron chi connectivity index (χ2n) is 8.86. The molecule has 0 aliphatic carbocycles. The highest BCUT2D eigenvalue weighted by Gasteiger charge is 2.11. The zero-order valence-corrected chi connectivity index (χ0v) is 21.5. The molecule has 0 bridgehead atoms. The van der Waals surface area contributed by atoms with Crippen LogP contribution >= 0.6 is 11.6 Å². The maximum absolute atomic E-state index is 13.5. The van der Waals surface area contributed by atoms with Crippen LogP contribution in [0.4, 0.5) is 15.9 Å². The van der Waals surface area contributed by atoms with Gasteiger partial charge in [-0.3, -0.25) is 5.32 Å². The molecule has 0 saturated heterocycles. The third kappa shape index (κ3) is 6.90. The average molecular weight is 549 g/mol. The fourth-order valence-corrected chi connectivity index (χ4v) is 4.24. The van der Waals surface area contributed by atoms with E-state index in [2.05, 4.69) is 20.6 Å². The number of anilines is 2. The Morgan fingerprint density at radius 2 is 1.87 bits per heavy atom. The van der Waals surface area contributed by atoms with E-state index in [9.17, 15) is 9.50 Å². The Kier molecular flexibility index (Phi) is 8.33. The van der Waals surface area contributed by atoms with E-state index in [0.29, 0.717) is 46.8 Å². The lowest BCUT2D eigenvalue weighted by atomic mass is 10.1. The number of hydrogen-bond donors (Lipinski definition) is 4. The number of aromatic nitrogens is 2. The number of benzene rings is 3. The Morgan fingerprint density at radius 3 is 2.69 bits per heavy atom. The van der Waals surface area contributed by atoms with Gasteiger partial charge in [0.05, 0.1) is 17.1 Å². The first-order valence-corrected chi connectivity index (χ1v) is 12.7. The highest BCUT2D eigenvalue weighted by molar-refractivity contribution is 6.32. The summed E-state index contributed by atoms with van der Waals surface area (Å²) in [7, 11) is 0. The quantitative estimate of drug-likeness (QED) is 0.150. The highest BCUT2D eigenvalue weighted by Crippen LogP contribution is 2.33. The summed E-state index contributed by atoms with van der Waals surface area (Å²) < 4.78 is 25.1. The van der Waals surface area contributed by atoms with Gasteiger partial charge in [0.15, 0.2) is 0 Å². The number of halogens is 2. The predicted molar refractivity (Wildman–Crippen MR) is 147 cm³/mol. The predicted octanol–water partition coefficient (Wildman–Crippen LogP) is 5.93. The molecule has 0 aliphatic heterocycles. The molecule has 5 aromatic rings. The van der Waals surface area contributed by atoms with E-state index in [0.717, 1.165) is 22.2 Å². The number of rotatable bonds is 11. The fraction of sp³-hybridized carbons (Fsp3) is 0.172. The number of nitrogens with zero attached hydrogens (tertiary/aromatic N) is 2. The van der Waals surface area contributed by atoms with Gasteiger partial charge in [-0.1, -0.05) is 23.7 Å². The number of nitrogens with one attached hydrogen (secondary N) is 2. The number of fused-ring (bicyclic) bond motifs is 1. The van der Waals surface area contributed by atoms with Gasteiger partial charge in [0.1, 0.15) is 47.2 Å². The van der Waals surface area contributed by atoms with Crippen LogP contribution in [0.25, 0.3) is 10.9 Å². The first-order valence-electron chi connectivity index (χ1n) is 12.3. The molecule has 4 N–H and O–H groups in total. The number of hydrogen-bond acceptors (Lipinski definition) is 8. The first-order chi connectivity index (χ1) is 19.0. The maximum Gasteiger partial charge on any atom is 0.146 e. The maximum atomic E-state index is 13.5. The van der Waals surface area contributed by atoms with E-state index >= 15 is 0 Å². The average Bonchev–Trinajstić information content (AvgIpc) is 3.37. The molecule has 0 fully saturated rings. The summed E-state index contributed by atoms with van der Waals surface area (Å²) in [4.78, 5) is 8.80.